The monoisotopic (exact) mass is 286 g/mol. The Morgan fingerprint density at radius 1 is 1.38 bits per heavy atom. The first-order valence-electron chi connectivity index (χ1n) is 7.14. The average Bonchev–Trinajstić information content (AvgIpc) is 3.03. The normalized spacial score (nSPS) is 18.4. The number of carbonyl (C=O) groups excluding carboxylic acids is 1. The quantitative estimate of drug-likeness (QED) is 0.920. The SMILES string of the molecule is O=C(NCc1ncn(-c2ccccc2)n1)[C@H]1CCCOC1. The minimum absolute atomic E-state index is 0.0192. The van der Waals surface area contributed by atoms with Crippen LogP contribution >= 0.6 is 0 Å². The van der Waals surface area contributed by atoms with E-state index in [9.17, 15) is 4.79 Å². The molecule has 0 radical (unpaired) electrons. The molecule has 0 bridgehead atoms. The number of ether oxygens (including phenoxy) is 1. The third-order valence-electron chi connectivity index (χ3n) is 3.51. The third-order valence-corrected chi connectivity index (χ3v) is 3.51. The van der Waals surface area contributed by atoms with E-state index in [1.165, 1.54) is 0 Å². The highest BCUT2D eigenvalue weighted by Gasteiger charge is 2.21. The molecule has 1 aliphatic heterocycles. The van der Waals surface area contributed by atoms with Crippen molar-refractivity contribution in [3.05, 3.63) is 42.5 Å². The Morgan fingerprint density at radius 3 is 3.00 bits per heavy atom. The van der Waals surface area contributed by atoms with Gasteiger partial charge in [0, 0.05) is 6.61 Å². The molecule has 1 atom stereocenters. The number of rotatable bonds is 4. The smallest absolute Gasteiger partial charge is 0.225 e. The van der Waals surface area contributed by atoms with E-state index in [2.05, 4.69) is 15.4 Å². The number of para-hydroxylation sites is 1. The number of carbonyl (C=O) groups is 1. The summed E-state index contributed by atoms with van der Waals surface area (Å²) in [5, 5.41) is 7.23. The maximum Gasteiger partial charge on any atom is 0.225 e. The van der Waals surface area contributed by atoms with E-state index in [4.69, 9.17) is 4.74 Å². The highest BCUT2D eigenvalue weighted by atomic mass is 16.5. The molecule has 6 nitrogen and oxygen atoms in total. The minimum Gasteiger partial charge on any atom is -0.381 e. The zero-order valence-corrected chi connectivity index (χ0v) is 11.7. The average molecular weight is 286 g/mol. The number of amides is 1. The molecule has 2 aromatic rings. The Morgan fingerprint density at radius 2 is 2.24 bits per heavy atom. The molecule has 3 rings (SSSR count). The van der Waals surface area contributed by atoms with Gasteiger partial charge in [0.25, 0.3) is 0 Å². The number of nitrogens with zero attached hydrogens (tertiary/aromatic N) is 3. The summed E-state index contributed by atoms with van der Waals surface area (Å²) in [6.45, 7) is 1.61. The van der Waals surface area contributed by atoms with Crippen molar-refractivity contribution in [1.29, 1.82) is 0 Å². The van der Waals surface area contributed by atoms with Gasteiger partial charge in [-0.15, -0.1) is 5.10 Å². The molecule has 0 aliphatic carbocycles. The van der Waals surface area contributed by atoms with Crippen molar-refractivity contribution in [2.45, 2.75) is 19.4 Å². The van der Waals surface area contributed by atoms with E-state index < -0.39 is 0 Å². The van der Waals surface area contributed by atoms with E-state index in [1.807, 2.05) is 30.3 Å². The standard InChI is InChI=1S/C15H18N4O2/c20-15(12-5-4-8-21-10-12)16-9-14-17-11-19(18-14)13-6-2-1-3-7-13/h1-3,6-7,11-12H,4-5,8-10H2,(H,16,20)/t12-/m0/s1. The van der Waals surface area contributed by atoms with E-state index in [1.54, 1.807) is 11.0 Å². The van der Waals surface area contributed by atoms with Crippen LogP contribution in [-0.4, -0.2) is 33.9 Å². The number of aromatic nitrogens is 3. The lowest BCUT2D eigenvalue weighted by Gasteiger charge is -2.20. The lowest BCUT2D eigenvalue weighted by Crippen LogP contribution is -2.35. The van der Waals surface area contributed by atoms with Gasteiger partial charge in [-0.2, -0.15) is 0 Å². The van der Waals surface area contributed by atoms with Gasteiger partial charge in [-0.25, -0.2) is 9.67 Å². The zero-order chi connectivity index (χ0) is 14.5. The van der Waals surface area contributed by atoms with E-state index in [0.29, 0.717) is 19.0 Å². The Kier molecular flexibility index (Phi) is 4.25. The van der Waals surface area contributed by atoms with Crippen LogP contribution in [0.15, 0.2) is 36.7 Å². The predicted octanol–water partition coefficient (Wildman–Crippen LogP) is 1.31. The first-order valence-corrected chi connectivity index (χ1v) is 7.14. The number of hydrogen-bond acceptors (Lipinski definition) is 4. The van der Waals surface area contributed by atoms with Crippen molar-refractivity contribution in [2.75, 3.05) is 13.2 Å². The fourth-order valence-electron chi connectivity index (χ4n) is 2.34. The van der Waals surface area contributed by atoms with E-state index in [-0.39, 0.29) is 11.8 Å². The fraction of sp³-hybridized carbons (Fsp3) is 0.400. The summed E-state index contributed by atoms with van der Waals surface area (Å²) in [5.41, 5.74) is 0.947. The van der Waals surface area contributed by atoms with Crippen molar-refractivity contribution < 1.29 is 9.53 Å². The molecule has 21 heavy (non-hydrogen) atoms. The van der Waals surface area contributed by atoms with Gasteiger partial charge in [-0.05, 0) is 25.0 Å². The molecule has 0 saturated carbocycles. The van der Waals surface area contributed by atoms with Gasteiger partial charge in [-0.1, -0.05) is 18.2 Å². The predicted molar refractivity (Wildman–Crippen MR) is 76.7 cm³/mol. The Balaban J connectivity index is 1.56. The van der Waals surface area contributed by atoms with Crippen LogP contribution in [0, 0.1) is 5.92 Å². The molecule has 1 N–H and O–H groups in total. The van der Waals surface area contributed by atoms with Crippen molar-refractivity contribution in [3.8, 4) is 5.69 Å². The van der Waals surface area contributed by atoms with Gasteiger partial charge < -0.3 is 10.1 Å². The second kappa shape index (κ2) is 6.49. The summed E-state index contributed by atoms with van der Waals surface area (Å²) in [7, 11) is 0. The van der Waals surface area contributed by atoms with Gasteiger partial charge >= 0.3 is 0 Å². The molecule has 0 unspecified atom stereocenters. The van der Waals surface area contributed by atoms with Crippen molar-refractivity contribution in [3.63, 3.8) is 0 Å². The lowest BCUT2D eigenvalue weighted by molar-refractivity contribution is -0.129. The third kappa shape index (κ3) is 3.46. The molecule has 1 fully saturated rings. The van der Waals surface area contributed by atoms with Crippen LogP contribution < -0.4 is 5.32 Å². The maximum absolute atomic E-state index is 12.0. The van der Waals surface area contributed by atoms with Gasteiger partial charge in [0.1, 0.15) is 6.33 Å². The van der Waals surface area contributed by atoms with E-state index >= 15 is 0 Å². The Labute approximate surface area is 123 Å². The van der Waals surface area contributed by atoms with Gasteiger partial charge in [0.15, 0.2) is 5.82 Å². The zero-order valence-electron chi connectivity index (χ0n) is 11.7. The number of hydrogen-bond donors (Lipinski definition) is 1. The molecule has 110 valence electrons. The topological polar surface area (TPSA) is 69.0 Å². The first-order chi connectivity index (χ1) is 10.3. The molecular weight excluding hydrogens is 268 g/mol. The number of benzene rings is 1. The molecule has 1 aromatic heterocycles. The summed E-state index contributed by atoms with van der Waals surface area (Å²) < 4.78 is 7.02. The molecule has 0 spiro atoms. The molecule has 2 heterocycles. The number of nitrogens with one attached hydrogen (secondary N) is 1. The van der Waals surface area contributed by atoms with Crippen LogP contribution in [0.1, 0.15) is 18.7 Å². The van der Waals surface area contributed by atoms with E-state index in [0.717, 1.165) is 25.1 Å². The van der Waals surface area contributed by atoms with Crippen molar-refractivity contribution in [2.24, 2.45) is 5.92 Å². The Bertz CT molecular complexity index is 591. The van der Waals surface area contributed by atoms with Crippen molar-refractivity contribution in [1.82, 2.24) is 20.1 Å². The largest absolute Gasteiger partial charge is 0.381 e. The van der Waals surface area contributed by atoms with Crippen molar-refractivity contribution >= 4 is 5.91 Å². The molecular formula is C15H18N4O2. The maximum atomic E-state index is 12.0. The van der Waals surface area contributed by atoms with Crippen LogP contribution in [0.4, 0.5) is 0 Å². The van der Waals surface area contributed by atoms with Crippen LogP contribution in [0.2, 0.25) is 0 Å². The van der Waals surface area contributed by atoms with Gasteiger partial charge in [0.05, 0.1) is 24.8 Å². The molecule has 1 amide bonds. The highest BCUT2D eigenvalue weighted by molar-refractivity contribution is 5.78. The summed E-state index contributed by atoms with van der Waals surface area (Å²) in [4.78, 5) is 16.2. The summed E-state index contributed by atoms with van der Waals surface area (Å²) >= 11 is 0. The second-order valence-corrected chi connectivity index (χ2v) is 5.07. The van der Waals surface area contributed by atoms with Crippen LogP contribution in [0.5, 0.6) is 0 Å². The summed E-state index contributed by atoms with van der Waals surface area (Å²) in [5.74, 6) is 0.574. The molecule has 6 heteroatoms. The van der Waals surface area contributed by atoms with Crippen LogP contribution in [0.25, 0.3) is 5.69 Å². The molecule has 1 aromatic carbocycles. The summed E-state index contributed by atoms with van der Waals surface area (Å²) in [6.07, 6.45) is 3.48. The summed E-state index contributed by atoms with van der Waals surface area (Å²) in [6, 6.07) is 9.75. The van der Waals surface area contributed by atoms with Gasteiger partial charge in [-0.3, -0.25) is 4.79 Å². The molecule has 1 aliphatic rings. The lowest BCUT2D eigenvalue weighted by atomic mass is 10.0. The fourth-order valence-corrected chi connectivity index (χ4v) is 2.34. The van der Waals surface area contributed by atoms with Crippen LogP contribution in [-0.2, 0) is 16.1 Å². The second-order valence-electron chi connectivity index (χ2n) is 5.07. The van der Waals surface area contributed by atoms with Gasteiger partial charge in [0.2, 0.25) is 5.91 Å². The van der Waals surface area contributed by atoms with Crippen LogP contribution in [0.3, 0.4) is 0 Å². The minimum atomic E-state index is -0.0463. The highest BCUT2D eigenvalue weighted by Crippen LogP contribution is 2.13. The Hall–Kier alpha value is -2.21. The molecule has 1 saturated heterocycles. The first kappa shape index (κ1) is 13.8.